The maximum Gasteiger partial charge on any atom is 0.243 e. The summed E-state index contributed by atoms with van der Waals surface area (Å²) in [6.07, 6.45) is 4.39. The average molecular weight is 361 g/mol. The van der Waals surface area contributed by atoms with E-state index in [2.05, 4.69) is 10.3 Å². The number of nitrogens with zero attached hydrogens (tertiary/aromatic N) is 2. The second-order valence-electron chi connectivity index (χ2n) is 6.08. The van der Waals surface area contributed by atoms with Crippen LogP contribution in [0.4, 0.5) is 5.69 Å². The lowest BCUT2D eigenvalue weighted by molar-refractivity contribution is -0.122. The van der Waals surface area contributed by atoms with E-state index in [9.17, 15) is 13.2 Å². The standard InChI is InChI=1S/C18H23N3O3S/c1-13-5-6-17(11-14(13)2)21(25(4,23)24)15(3)18(22)20-12-16-7-9-19-10-8-16/h5-11,15H,12H2,1-4H3,(H,20,22)/t15-/m1/s1. The first kappa shape index (κ1) is 18.9. The van der Waals surface area contributed by atoms with Gasteiger partial charge in [-0.2, -0.15) is 0 Å². The Bertz CT molecular complexity index is 851. The molecule has 0 aliphatic carbocycles. The fourth-order valence-corrected chi connectivity index (χ4v) is 3.68. The Morgan fingerprint density at radius 3 is 2.36 bits per heavy atom. The van der Waals surface area contributed by atoms with E-state index < -0.39 is 16.1 Å². The first-order valence-electron chi connectivity index (χ1n) is 7.93. The Balaban J connectivity index is 2.22. The van der Waals surface area contributed by atoms with E-state index in [0.717, 1.165) is 27.3 Å². The van der Waals surface area contributed by atoms with Gasteiger partial charge < -0.3 is 5.32 Å². The minimum Gasteiger partial charge on any atom is -0.350 e. The number of hydrogen-bond donors (Lipinski definition) is 1. The third-order valence-corrected chi connectivity index (χ3v) is 5.29. The molecule has 2 aromatic rings. The molecule has 0 bridgehead atoms. The van der Waals surface area contributed by atoms with Crippen LogP contribution in [-0.4, -0.2) is 31.6 Å². The van der Waals surface area contributed by atoms with Crippen molar-refractivity contribution in [2.75, 3.05) is 10.6 Å². The summed E-state index contributed by atoms with van der Waals surface area (Å²) in [5, 5.41) is 2.77. The van der Waals surface area contributed by atoms with E-state index in [1.165, 1.54) is 0 Å². The fourth-order valence-electron chi connectivity index (χ4n) is 2.51. The van der Waals surface area contributed by atoms with Crippen LogP contribution >= 0.6 is 0 Å². The van der Waals surface area contributed by atoms with Crippen molar-refractivity contribution in [3.05, 3.63) is 59.4 Å². The molecule has 0 spiro atoms. The summed E-state index contributed by atoms with van der Waals surface area (Å²) in [5.41, 5.74) is 3.41. The third kappa shape index (κ3) is 4.79. The minimum atomic E-state index is -3.61. The van der Waals surface area contributed by atoms with Crippen molar-refractivity contribution in [3.63, 3.8) is 0 Å². The third-order valence-electron chi connectivity index (χ3n) is 4.05. The number of carbonyl (C=O) groups is 1. The lowest BCUT2D eigenvalue weighted by atomic mass is 10.1. The summed E-state index contributed by atoms with van der Waals surface area (Å²) >= 11 is 0. The summed E-state index contributed by atoms with van der Waals surface area (Å²) in [7, 11) is -3.61. The van der Waals surface area contributed by atoms with Crippen LogP contribution in [0.1, 0.15) is 23.6 Å². The molecular formula is C18H23N3O3S. The molecular weight excluding hydrogens is 338 g/mol. The topological polar surface area (TPSA) is 79.4 Å². The maximum absolute atomic E-state index is 12.5. The van der Waals surface area contributed by atoms with Crippen LogP contribution in [-0.2, 0) is 21.4 Å². The number of carbonyl (C=O) groups excluding carboxylic acids is 1. The number of pyridine rings is 1. The van der Waals surface area contributed by atoms with Crippen LogP contribution in [0.15, 0.2) is 42.7 Å². The van der Waals surface area contributed by atoms with Gasteiger partial charge in [0.05, 0.1) is 11.9 Å². The number of aryl methyl sites for hydroxylation is 2. The molecule has 1 atom stereocenters. The van der Waals surface area contributed by atoms with Crippen LogP contribution < -0.4 is 9.62 Å². The molecule has 1 aromatic carbocycles. The first-order valence-corrected chi connectivity index (χ1v) is 9.78. The number of amides is 1. The summed E-state index contributed by atoms with van der Waals surface area (Å²) in [4.78, 5) is 16.4. The zero-order valence-electron chi connectivity index (χ0n) is 14.9. The molecule has 0 aliphatic rings. The highest BCUT2D eigenvalue weighted by Gasteiger charge is 2.29. The van der Waals surface area contributed by atoms with E-state index in [-0.39, 0.29) is 5.91 Å². The molecule has 25 heavy (non-hydrogen) atoms. The van der Waals surface area contributed by atoms with E-state index in [1.54, 1.807) is 43.6 Å². The molecule has 0 saturated carbocycles. The van der Waals surface area contributed by atoms with E-state index >= 15 is 0 Å². The number of hydrogen-bond acceptors (Lipinski definition) is 4. The van der Waals surface area contributed by atoms with Gasteiger partial charge in [0.2, 0.25) is 15.9 Å². The van der Waals surface area contributed by atoms with Gasteiger partial charge in [0.1, 0.15) is 6.04 Å². The Labute approximate surface area is 148 Å². The molecule has 0 aliphatic heterocycles. The fraction of sp³-hybridized carbons (Fsp3) is 0.333. The molecule has 2 rings (SSSR count). The van der Waals surface area contributed by atoms with Gasteiger partial charge in [-0.25, -0.2) is 8.42 Å². The van der Waals surface area contributed by atoms with Crippen molar-refractivity contribution in [1.82, 2.24) is 10.3 Å². The Hall–Kier alpha value is -2.41. The van der Waals surface area contributed by atoms with Gasteiger partial charge in [-0.1, -0.05) is 6.07 Å². The quantitative estimate of drug-likeness (QED) is 0.855. The molecule has 0 radical (unpaired) electrons. The summed E-state index contributed by atoms with van der Waals surface area (Å²) < 4.78 is 25.7. The Morgan fingerprint density at radius 1 is 1.16 bits per heavy atom. The zero-order chi connectivity index (χ0) is 18.6. The Kier molecular flexibility index (Phi) is 5.79. The maximum atomic E-state index is 12.5. The van der Waals surface area contributed by atoms with E-state index in [4.69, 9.17) is 0 Å². The summed E-state index contributed by atoms with van der Waals surface area (Å²) in [6.45, 7) is 5.76. The van der Waals surface area contributed by atoms with Crippen molar-refractivity contribution in [2.45, 2.75) is 33.4 Å². The second kappa shape index (κ2) is 7.65. The highest BCUT2D eigenvalue weighted by Crippen LogP contribution is 2.23. The molecule has 6 nitrogen and oxygen atoms in total. The minimum absolute atomic E-state index is 0.316. The Morgan fingerprint density at radius 2 is 1.80 bits per heavy atom. The number of benzene rings is 1. The molecule has 1 N–H and O–H groups in total. The van der Waals surface area contributed by atoms with Crippen molar-refractivity contribution in [3.8, 4) is 0 Å². The van der Waals surface area contributed by atoms with Gasteiger partial charge in [0, 0.05) is 18.9 Å². The molecule has 7 heteroatoms. The lowest BCUT2D eigenvalue weighted by Crippen LogP contribution is -2.47. The van der Waals surface area contributed by atoms with Gasteiger partial charge in [0.25, 0.3) is 0 Å². The van der Waals surface area contributed by atoms with Gasteiger partial charge >= 0.3 is 0 Å². The van der Waals surface area contributed by atoms with E-state index in [1.807, 2.05) is 19.9 Å². The predicted octanol–water partition coefficient (Wildman–Crippen LogP) is 2.17. The van der Waals surface area contributed by atoms with Gasteiger partial charge in [-0.05, 0) is 61.7 Å². The van der Waals surface area contributed by atoms with Crippen LogP contribution in [0.25, 0.3) is 0 Å². The number of rotatable bonds is 6. The highest BCUT2D eigenvalue weighted by atomic mass is 32.2. The molecule has 0 fully saturated rings. The van der Waals surface area contributed by atoms with E-state index in [0.29, 0.717) is 12.2 Å². The number of anilines is 1. The largest absolute Gasteiger partial charge is 0.350 e. The number of nitrogens with one attached hydrogen (secondary N) is 1. The predicted molar refractivity (Wildman–Crippen MR) is 98.8 cm³/mol. The van der Waals surface area contributed by atoms with Crippen molar-refractivity contribution in [2.24, 2.45) is 0 Å². The van der Waals surface area contributed by atoms with Crippen molar-refractivity contribution >= 4 is 21.6 Å². The second-order valence-corrected chi connectivity index (χ2v) is 7.94. The summed E-state index contributed by atoms with van der Waals surface area (Å²) in [5.74, 6) is -0.361. The van der Waals surface area contributed by atoms with Gasteiger partial charge in [-0.3, -0.25) is 14.1 Å². The SMILES string of the molecule is Cc1ccc(N([C@H](C)C(=O)NCc2ccncc2)S(C)(=O)=O)cc1C. The highest BCUT2D eigenvalue weighted by molar-refractivity contribution is 7.92. The first-order chi connectivity index (χ1) is 11.7. The molecule has 0 saturated heterocycles. The average Bonchev–Trinajstić information content (AvgIpc) is 2.55. The number of aromatic nitrogens is 1. The van der Waals surface area contributed by atoms with Crippen LogP contribution in [0.5, 0.6) is 0 Å². The van der Waals surface area contributed by atoms with Crippen molar-refractivity contribution < 1.29 is 13.2 Å². The van der Waals surface area contributed by atoms with Gasteiger partial charge in [-0.15, -0.1) is 0 Å². The number of sulfonamides is 1. The smallest absolute Gasteiger partial charge is 0.243 e. The molecule has 1 amide bonds. The molecule has 134 valence electrons. The monoisotopic (exact) mass is 361 g/mol. The van der Waals surface area contributed by atoms with Gasteiger partial charge in [0.15, 0.2) is 0 Å². The zero-order valence-corrected chi connectivity index (χ0v) is 15.7. The molecule has 1 aromatic heterocycles. The van der Waals surface area contributed by atoms with Crippen LogP contribution in [0, 0.1) is 13.8 Å². The lowest BCUT2D eigenvalue weighted by Gasteiger charge is -2.28. The summed E-state index contributed by atoms with van der Waals surface area (Å²) in [6, 6.07) is 8.08. The van der Waals surface area contributed by atoms with Crippen LogP contribution in [0.2, 0.25) is 0 Å². The molecule has 0 unspecified atom stereocenters. The van der Waals surface area contributed by atoms with Crippen LogP contribution in [0.3, 0.4) is 0 Å². The molecule has 1 heterocycles. The normalized spacial score (nSPS) is 12.5. The van der Waals surface area contributed by atoms with Crippen molar-refractivity contribution in [1.29, 1.82) is 0 Å².